The van der Waals surface area contributed by atoms with E-state index < -0.39 is 35.9 Å². The van der Waals surface area contributed by atoms with Gasteiger partial charge in [0.25, 0.3) is 5.91 Å². The van der Waals surface area contributed by atoms with Crippen molar-refractivity contribution in [2.45, 2.75) is 37.5 Å². The normalized spacial score (nSPS) is 16.9. The number of aliphatic hydroxyl groups is 1. The second-order valence-electron chi connectivity index (χ2n) is 9.06. The number of benzene rings is 3. The smallest absolute Gasteiger partial charge is 0.261 e. The van der Waals surface area contributed by atoms with Gasteiger partial charge in [0.2, 0.25) is 11.8 Å². The van der Waals surface area contributed by atoms with Crippen molar-refractivity contribution in [3.05, 3.63) is 83.9 Å². The Labute approximate surface area is 210 Å². The summed E-state index contributed by atoms with van der Waals surface area (Å²) in [4.78, 5) is 42.0. The van der Waals surface area contributed by atoms with E-state index in [2.05, 4.69) is 10.6 Å². The number of hydrogen-bond acceptors (Lipinski definition) is 6. The van der Waals surface area contributed by atoms with Crippen molar-refractivity contribution >= 4 is 28.5 Å². The van der Waals surface area contributed by atoms with E-state index in [1.54, 1.807) is 30.3 Å². The molecule has 3 amide bonds. The van der Waals surface area contributed by atoms with Crippen LogP contribution >= 0.6 is 0 Å². The fraction of sp³-hybridized carbons (Fsp3) is 0.321. The first-order chi connectivity index (χ1) is 17.5. The highest BCUT2D eigenvalue weighted by molar-refractivity contribution is 6.09. The minimum atomic E-state index is -1.11. The van der Waals surface area contributed by atoms with Crippen molar-refractivity contribution in [3.63, 3.8) is 0 Å². The van der Waals surface area contributed by atoms with E-state index in [1.165, 1.54) is 0 Å². The van der Waals surface area contributed by atoms with Gasteiger partial charge in [0.1, 0.15) is 6.04 Å². The van der Waals surface area contributed by atoms with Gasteiger partial charge in [-0.2, -0.15) is 0 Å². The lowest BCUT2D eigenvalue weighted by Gasteiger charge is -2.32. The molecule has 5 N–H and O–H groups in total. The third kappa shape index (κ3) is 5.96. The number of imide groups is 1. The number of carbonyl (C=O) groups excluding carboxylic acids is 3. The summed E-state index contributed by atoms with van der Waals surface area (Å²) in [7, 11) is 0. The van der Waals surface area contributed by atoms with E-state index >= 15 is 0 Å². The summed E-state index contributed by atoms with van der Waals surface area (Å²) in [6.45, 7) is 0.577. The summed E-state index contributed by atoms with van der Waals surface area (Å²) in [5.74, 6) is -1.48. The molecule has 1 fully saturated rings. The van der Waals surface area contributed by atoms with E-state index in [4.69, 9.17) is 5.73 Å². The molecule has 0 radical (unpaired) electrons. The molecular formula is C28H32N4O4. The van der Waals surface area contributed by atoms with Crippen LogP contribution in [0.25, 0.3) is 10.8 Å². The van der Waals surface area contributed by atoms with Gasteiger partial charge in [0.15, 0.2) is 0 Å². The molecule has 3 aromatic carbocycles. The maximum atomic E-state index is 13.7. The zero-order chi connectivity index (χ0) is 25.5. The lowest BCUT2D eigenvalue weighted by molar-refractivity contribution is -0.139. The second-order valence-corrected chi connectivity index (χ2v) is 9.06. The van der Waals surface area contributed by atoms with Crippen LogP contribution in [0, 0.1) is 0 Å². The van der Waals surface area contributed by atoms with Crippen molar-refractivity contribution in [2.24, 2.45) is 5.73 Å². The Hall–Kier alpha value is -3.59. The minimum Gasteiger partial charge on any atom is -0.390 e. The monoisotopic (exact) mass is 488 g/mol. The summed E-state index contributed by atoms with van der Waals surface area (Å²) >= 11 is 0. The summed E-state index contributed by atoms with van der Waals surface area (Å²) in [5.41, 5.74) is 6.63. The maximum absolute atomic E-state index is 13.7. The average Bonchev–Trinajstić information content (AvgIpc) is 3.46. The molecule has 1 saturated heterocycles. The average molecular weight is 489 g/mol. The van der Waals surface area contributed by atoms with Gasteiger partial charge in [-0.15, -0.1) is 0 Å². The first kappa shape index (κ1) is 25.5. The molecule has 8 nitrogen and oxygen atoms in total. The van der Waals surface area contributed by atoms with Crippen LogP contribution in [0.4, 0.5) is 0 Å². The first-order valence-corrected chi connectivity index (χ1v) is 12.3. The van der Waals surface area contributed by atoms with Crippen molar-refractivity contribution in [2.75, 3.05) is 19.6 Å². The molecule has 1 aliphatic rings. The summed E-state index contributed by atoms with van der Waals surface area (Å²) in [6, 6.07) is 20.5. The Morgan fingerprint density at radius 2 is 1.75 bits per heavy atom. The quantitative estimate of drug-likeness (QED) is 0.339. The number of nitrogens with two attached hydrogens (primary N) is 1. The number of nitrogens with one attached hydrogen (secondary N) is 2. The molecule has 0 spiro atoms. The molecule has 188 valence electrons. The van der Waals surface area contributed by atoms with Gasteiger partial charge in [0, 0.05) is 25.1 Å². The topological polar surface area (TPSA) is 125 Å². The zero-order valence-corrected chi connectivity index (χ0v) is 20.1. The van der Waals surface area contributed by atoms with Gasteiger partial charge < -0.3 is 21.5 Å². The number of nitrogens with zero attached hydrogens (tertiary/aromatic N) is 1. The largest absolute Gasteiger partial charge is 0.390 e. The number of fused-ring (bicyclic) bond motifs is 1. The number of carbonyl (C=O) groups is 3. The summed E-state index contributed by atoms with van der Waals surface area (Å²) < 4.78 is 0. The Bertz CT molecular complexity index is 1210. The van der Waals surface area contributed by atoms with Gasteiger partial charge >= 0.3 is 0 Å². The first-order valence-electron chi connectivity index (χ1n) is 12.3. The Morgan fingerprint density at radius 1 is 1.03 bits per heavy atom. The predicted octanol–water partition coefficient (Wildman–Crippen LogP) is 1.61. The van der Waals surface area contributed by atoms with E-state index in [0.717, 1.165) is 27.7 Å². The SMILES string of the molecule is NCC(O)CNC(=O)[C@@H](Cc1ccc2ccccc2c1)N(C(=O)c1ccccc1)C(=O)[C@@H]1CCCN1. The molecule has 36 heavy (non-hydrogen) atoms. The molecule has 0 bridgehead atoms. The second kappa shape index (κ2) is 11.9. The Kier molecular flexibility index (Phi) is 8.43. The van der Waals surface area contributed by atoms with E-state index in [0.29, 0.717) is 18.5 Å². The van der Waals surface area contributed by atoms with Gasteiger partial charge in [-0.05, 0) is 47.9 Å². The number of hydrogen-bond donors (Lipinski definition) is 4. The number of aliphatic hydroxyl groups excluding tert-OH is 1. The van der Waals surface area contributed by atoms with E-state index in [1.807, 2.05) is 42.5 Å². The molecule has 0 aromatic heterocycles. The van der Waals surface area contributed by atoms with Crippen LogP contribution < -0.4 is 16.4 Å². The molecule has 8 heteroatoms. The van der Waals surface area contributed by atoms with Crippen LogP contribution in [0.3, 0.4) is 0 Å². The van der Waals surface area contributed by atoms with Crippen molar-refractivity contribution < 1.29 is 19.5 Å². The molecule has 0 aliphatic carbocycles. The van der Waals surface area contributed by atoms with Gasteiger partial charge in [-0.25, -0.2) is 0 Å². The van der Waals surface area contributed by atoms with Crippen LogP contribution in [0.1, 0.15) is 28.8 Å². The third-order valence-corrected chi connectivity index (χ3v) is 6.48. The highest BCUT2D eigenvalue weighted by Crippen LogP contribution is 2.21. The molecule has 1 heterocycles. The van der Waals surface area contributed by atoms with Gasteiger partial charge in [0.05, 0.1) is 12.1 Å². The molecule has 1 aliphatic heterocycles. The minimum absolute atomic E-state index is 0.0206. The van der Waals surface area contributed by atoms with Crippen molar-refractivity contribution in [1.29, 1.82) is 0 Å². The molecule has 3 atom stereocenters. The highest BCUT2D eigenvalue weighted by Gasteiger charge is 2.39. The Morgan fingerprint density at radius 3 is 2.44 bits per heavy atom. The zero-order valence-electron chi connectivity index (χ0n) is 20.1. The summed E-state index contributed by atoms with van der Waals surface area (Å²) in [5, 5.41) is 17.8. The van der Waals surface area contributed by atoms with Crippen LogP contribution in [0.15, 0.2) is 72.8 Å². The number of rotatable bonds is 9. The van der Waals surface area contributed by atoms with Crippen LogP contribution in [0.5, 0.6) is 0 Å². The molecule has 1 unspecified atom stereocenters. The molecule has 0 saturated carbocycles. The highest BCUT2D eigenvalue weighted by atomic mass is 16.3. The lowest BCUT2D eigenvalue weighted by atomic mass is 9.98. The lowest BCUT2D eigenvalue weighted by Crippen LogP contribution is -2.57. The Balaban J connectivity index is 1.72. The maximum Gasteiger partial charge on any atom is 0.261 e. The van der Waals surface area contributed by atoms with Crippen molar-refractivity contribution in [1.82, 2.24) is 15.5 Å². The van der Waals surface area contributed by atoms with E-state index in [-0.39, 0.29) is 19.5 Å². The fourth-order valence-corrected chi connectivity index (χ4v) is 4.49. The molecule has 3 aromatic rings. The van der Waals surface area contributed by atoms with Crippen molar-refractivity contribution in [3.8, 4) is 0 Å². The number of amides is 3. The van der Waals surface area contributed by atoms with Crippen LogP contribution in [-0.2, 0) is 16.0 Å². The predicted molar refractivity (Wildman–Crippen MR) is 138 cm³/mol. The third-order valence-electron chi connectivity index (χ3n) is 6.48. The van der Waals surface area contributed by atoms with E-state index in [9.17, 15) is 19.5 Å². The standard InChI is InChI=1S/C28H32N4O4/c29-17-23(33)18-31-26(34)25(16-19-12-13-20-7-4-5-10-22(20)15-19)32(28(36)24-11-6-14-30-24)27(35)21-8-2-1-3-9-21/h1-5,7-10,12-13,15,23-25,30,33H,6,11,14,16-18,29H2,(H,31,34)/t23?,24-,25+/m0/s1. The molecular weight excluding hydrogens is 456 g/mol. The van der Waals surface area contributed by atoms with Gasteiger partial charge in [-0.1, -0.05) is 60.7 Å². The van der Waals surface area contributed by atoms with Gasteiger partial charge in [-0.3, -0.25) is 19.3 Å². The van der Waals surface area contributed by atoms with Crippen LogP contribution in [0.2, 0.25) is 0 Å². The van der Waals surface area contributed by atoms with Crippen LogP contribution in [-0.4, -0.2) is 65.5 Å². The molecule has 4 rings (SSSR count). The summed E-state index contributed by atoms with van der Waals surface area (Å²) in [6.07, 6.45) is 0.606. The fourth-order valence-electron chi connectivity index (χ4n) is 4.49.